The summed E-state index contributed by atoms with van der Waals surface area (Å²) in [6.45, 7) is 6.40. The summed E-state index contributed by atoms with van der Waals surface area (Å²) >= 11 is 0. The van der Waals surface area contributed by atoms with Crippen molar-refractivity contribution < 1.29 is 10.2 Å². The molecule has 2 N–H and O–H groups in total. The molecule has 0 bridgehead atoms. The monoisotopic (exact) mass is 249 g/mol. The highest BCUT2D eigenvalue weighted by molar-refractivity contribution is 5.45. The maximum Gasteiger partial charge on any atom is 0.124 e. The van der Waals surface area contributed by atoms with Crippen molar-refractivity contribution in [1.29, 1.82) is 0 Å². The third-order valence-electron chi connectivity index (χ3n) is 4.25. The number of phenolic OH excluding ortho intramolecular Hbond substituents is 2. The van der Waals surface area contributed by atoms with Gasteiger partial charge in [0.1, 0.15) is 11.5 Å². The van der Waals surface area contributed by atoms with Crippen LogP contribution >= 0.6 is 0 Å². The number of phenols is 2. The van der Waals surface area contributed by atoms with E-state index in [1.165, 1.54) is 19.3 Å². The Morgan fingerprint density at radius 2 is 1.78 bits per heavy atom. The third kappa shape index (κ3) is 2.61. The zero-order valence-corrected chi connectivity index (χ0v) is 11.3. The van der Waals surface area contributed by atoms with Crippen molar-refractivity contribution in [3.05, 3.63) is 23.8 Å². The Morgan fingerprint density at radius 3 is 2.28 bits per heavy atom. The highest BCUT2D eigenvalue weighted by Crippen LogP contribution is 2.37. The molecule has 0 radical (unpaired) electrons. The fraction of sp³-hybridized carbons (Fsp3) is 0.600. The highest BCUT2D eigenvalue weighted by Gasteiger charge is 2.25. The Hall–Kier alpha value is -1.22. The van der Waals surface area contributed by atoms with E-state index in [0.717, 1.165) is 19.0 Å². The fourth-order valence-electron chi connectivity index (χ4n) is 2.90. The molecule has 1 aromatic rings. The molecule has 1 aliphatic heterocycles. The van der Waals surface area contributed by atoms with Crippen LogP contribution in [0, 0.1) is 5.92 Å². The van der Waals surface area contributed by atoms with Gasteiger partial charge < -0.3 is 10.2 Å². The second-order valence-corrected chi connectivity index (χ2v) is 5.27. The maximum atomic E-state index is 9.90. The maximum absolute atomic E-state index is 9.90. The number of hydrogen-bond donors (Lipinski definition) is 2. The van der Waals surface area contributed by atoms with Gasteiger partial charge in [0, 0.05) is 6.04 Å². The lowest BCUT2D eigenvalue weighted by molar-refractivity contribution is 0.136. The Bertz CT molecular complexity index is 377. The van der Waals surface area contributed by atoms with Crippen molar-refractivity contribution in [2.45, 2.75) is 39.2 Å². The Kier molecular flexibility index (Phi) is 4.12. The van der Waals surface area contributed by atoms with Gasteiger partial charge in [0.2, 0.25) is 0 Å². The zero-order valence-electron chi connectivity index (χ0n) is 11.3. The van der Waals surface area contributed by atoms with Crippen molar-refractivity contribution >= 4 is 0 Å². The second kappa shape index (κ2) is 5.61. The molecule has 3 heteroatoms. The topological polar surface area (TPSA) is 43.7 Å². The minimum atomic E-state index is 0.0732. The lowest BCUT2D eigenvalue weighted by Crippen LogP contribution is -2.35. The van der Waals surface area contributed by atoms with E-state index < -0.39 is 0 Å². The first-order chi connectivity index (χ1) is 8.63. The summed E-state index contributed by atoms with van der Waals surface area (Å²) in [7, 11) is 0. The van der Waals surface area contributed by atoms with Crippen LogP contribution in [0.4, 0.5) is 0 Å². The predicted octanol–water partition coefficient (Wildman–Crippen LogP) is 3.28. The number of aromatic hydroxyl groups is 2. The number of piperidine rings is 1. The molecule has 1 unspecified atom stereocenters. The molecule has 1 saturated heterocycles. The van der Waals surface area contributed by atoms with Crippen molar-refractivity contribution in [2.24, 2.45) is 5.92 Å². The van der Waals surface area contributed by atoms with Crippen LogP contribution in [-0.2, 0) is 0 Å². The van der Waals surface area contributed by atoms with E-state index in [-0.39, 0.29) is 17.5 Å². The minimum Gasteiger partial charge on any atom is -0.507 e. The summed E-state index contributed by atoms with van der Waals surface area (Å²) in [5.41, 5.74) is 0.660. The Morgan fingerprint density at radius 1 is 1.22 bits per heavy atom. The first kappa shape index (κ1) is 13.2. The summed E-state index contributed by atoms with van der Waals surface area (Å²) in [4.78, 5) is 2.35. The van der Waals surface area contributed by atoms with E-state index in [1.807, 2.05) is 0 Å². The van der Waals surface area contributed by atoms with E-state index in [0.29, 0.717) is 5.56 Å². The SMILES string of the molecule is CCC1CCN(C(C)c2c(O)cccc2O)CC1. The smallest absolute Gasteiger partial charge is 0.124 e. The molecular formula is C15H23NO2. The molecule has 2 rings (SSSR count). The van der Waals surface area contributed by atoms with Crippen molar-refractivity contribution in [3.8, 4) is 11.5 Å². The van der Waals surface area contributed by atoms with Gasteiger partial charge in [-0.1, -0.05) is 19.4 Å². The van der Waals surface area contributed by atoms with Gasteiger partial charge in [-0.05, 0) is 50.9 Å². The molecule has 1 atom stereocenters. The van der Waals surface area contributed by atoms with Crippen LogP contribution in [0.25, 0.3) is 0 Å². The Balaban J connectivity index is 2.10. The molecule has 1 aliphatic rings. The van der Waals surface area contributed by atoms with E-state index >= 15 is 0 Å². The Labute approximate surface area is 109 Å². The van der Waals surface area contributed by atoms with Crippen molar-refractivity contribution in [1.82, 2.24) is 4.90 Å². The molecule has 1 aromatic carbocycles. The molecule has 1 fully saturated rings. The first-order valence-electron chi connectivity index (χ1n) is 6.88. The molecule has 0 spiro atoms. The molecule has 1 heterocycles. The van der Waals surface area contributed by atoms with Crippen LogP contribution in [0.15, 0.2) is 18.2 Å². The molecule has 0 amide bonds. The van der Waals surface area contributed by atoms with E-state index in [4.69, 9.17) is 0 Å². The highest BCUT2D eigenvalue weighted by atomic mass is 16.3. The average molecular weight is 249 g/mol. The molecular weight excluding hydrogens is 226 g/mol. The normalized spacial score (nSPS) is 19.9. The van der Waals surface area contributed by atoms with Crippen molar-refractivity contribution in [2.75, 3.05) is 13.1 Å². The lowest BCUT2D eigenvalue weighted by atomic mass is 9.92. The van der Waals surface area contributed by atoms with E-state index in [2.05, 4.69) is 18.7 Å². The van der Waals surface area contributed by atoms with Gasteiger partial charge in [0.15, 0.2) is 0 Å². The van der Waals surface area contributed by atoms with Gasteiger partial charge in [0.25, 0.3) is 0 Å². The first-order valence-corrected chi connectivity index (χ1v) is 6.88. The molecule has 3 nitrogen and oxygen atoms in total. The summed E-state index contributed by atoms with van der Waals surface area (Å²) < 4.78 is 0. The molecule has 0 saturated carbocycles. The number of hydrogen-bond acceptors (Lipinski definition) is 3. The van der Waals surface area contributed by atoms with E-state index in [1.54, 1.807) is 18.2 Å². The predicted molar refractivity (Wildman–Crippen MR) is 72.8 cm³/mol. The van der Waals surface area contributed by atoms with Crippen LogP contribution in [0.1, 0.15) is 44.7 Å². The average Bonchev–Trinajstić information content (AvgIpc) is 2.38. The number of benzene rings is 1. The molecule has 0 aliphatic carbocycles. The molecule has 18 heavy (non-hydrogen) atoms. The minimum absolute atomic E-state index is 0.0732. The van der Waals surface area contributed by atoms with Gasteiger partial charge in [-0.15, -0.1) is 0 Å². The second-order valence-electron chi connectivity index (χ2n) is 5.27. The number of nitrogens with zero attached hydrogens (tertiary/aromatic N) is 1. The summed E-state index contributed by atoms with van der Waals surface area (Å²) in [6.07, 6.45) is 3.69. The van der Waals surface area contributed by atoms with Gasteiger partial charge >= 0.3 is 0 Å². The summed E-state index contributed by atoms with van der Waals surface area (Å²) in [5, 5.41) is 19.8. The molecule has 0 aromatic heterocycles. The number of likely N-dealkylation sites (tertiary alicyclic amines) is 1. The number of rotatable bonds is 3. The van der Waals surface area contributed by atoms with Crippen LogP contribution < -0.4 is 0 Å². The van der Waals surface area contributed by atoms with E-state index in [9.17, 15) is 10.2 Å². The molecule has 100 valence electrons. The quantitative estimate of drug-likeness (QED) is 0.864. The lowest BCUT2D eigenvalue weighted by Gasteiger charge is -2.36. The van der Waals surface area contributed by atoms with Crippen LogP contribution in [0.5, 0.6) is 11.5 Å². The van der Waals surface area contributed by atoms with Crippen LogP contribution in [0.2, 0.25) is 0 Å². The largest absolute Gasteiger partial charge is 0.507 e. The summed E-state index contributed by atoms with van der Waals surface area (Å²) in [5.74, 6) is 1.23. The standard InChI is InChI=1S/C15H23NO2/c1-3-12-7-9-16(10-8-12)11(2)15-13(17)5-4-6-14(15)18/h4-6,11-12,17-18H,3,7-10H2,1-2H3. The van der Waals surface area contributed by atoms with Gasteiger partial charge in [-0.3, -0.25) is 4.90 Å². The fourth-order valence-corrected chi connectivity index (χ4v) is 2.90. The van der Waals surface area contributed by atoms with Crippen molar-refractivity contribution in [3.63, 3.8) is 0 Å². The van der Waals surface area contributed by atoms with Crippen LogP contribution in [0.3, 0.4) is 0 Å². The van der Waals surface area contributed by atoms with Gasteiger partial charge in [-0.25, -0.2) is 0 Å². The van der Waals surface area contributed by atoms with Crippen LogP contribution in [-0.4, -0.2) is 28.2 Å². The summed E-state index contributed by atoms with van der Waals surface area (Å²) in [6, 6.07) is 5.03. The van der Waals surface area contributed by atoms with Gasteiger partial charge in [-0.2, -0.15) is 0 Å². The third-order valence-corrected chi connectivity index (χ3v) is 4.25. The van der Waals surface area contributed by atoms with Gasteiger partial charge in [0.05, 0.1) is 5.56 Å². The zero-order chi connectivity index (χ0) is 13.1.